The van der Waals surface area contributed by atoms with E-state index < -0.39 is 0 Å². The van der Waals surface area contributed by atoms with Crippen LogP contribution in [0.5, 0.6) is 11.5 Å². The van der Waals surface area contributed by atoms with Crippen LogP contribution in [-0.2, 0) is 0 Å². The van der Waals surface area contributed by atoms with Crippen LogP contribution in [0.1, 0.15) is 25.7 Å². The lowest BCUT2D eigenvalue weighted by Crippen LogP contribution is -2.39. The molecule has 2 aromatic heterocycles. The molecule has 1 aliphatic heterocycles. The van der Waals surface area contributed by atoms with Gasteiger partial charge in [-0.05, 0) is 43.2 Å². The fourth-order valence-corrected chi connectivity index (χ4v) is 3.67. The maximum Gasteiger partial charge on any atom is 0.172 e. The fourth-order valence-electron chi connectivity index (χ4n) is 3.67. The lowest BCUT2D eigenvalue weighted by Gasteiger charge is -2.33. The van der Waals surface area contributed by atoms with Gasteiger partial charge in [0.15, 0.2) is 11.6 Å². The molecule has 0 spiro atoms. The van der Waals surface area contributed by atoms with Crippen LogP contribution in [0, 0.1) is 0 Å². The molecule has 1 saturated heterocycles. The summed E-state index contributed by atoms with van der Waals surface area (Å²) in [5, 5.41) is 3.56. The number of pyridine rings is 1. The Morgan fingerprint density at radius 3 is 2.41 bits per heavy atom. The summed E-state index contributed by atoms with van der Waals surface area (Å²) in [6, 6.07) is 10.2. The number of benzene rings is 1. The van der Waals surface area contributed by atoms with E-state index in [2.05, 4.69) is 15.2 Å². The smallest absolute Gasteiger partial charge is 0.172 e. The number of anilines is 2. The topological polar surface area (TPSA) is 72.4 Å². The van der Waals surface area contributed by atoms with Gasteiger partial charge in [-0.3, -0.25) is 4.98 Å². The van der Waals surface area contributed by atoms with Crippen molar-refractivity contribution in [2.75, 3.05) is 30.4 Å². The van der Waals surface area contributed by atoms with Crippen LogP contribution in [0.2, 0.25) is 0 Å². The van der Waals surface area contributed by atoms with Crippen LogP contribution >= 0.6 is 0 Å². The van der Waals surface area contributed by atoms with Gasteiger partial charge in [-0.15, -0.1) is 0 Å². The molecule has 0 atom stereocenters. The molecule has 0 radical (unpaired) electrons. The molecular weight excluding hydrogens is 366 g/mol. The Bertz CT molecular complexity index is 982. The maximum atomic E-state index is 6.17. The minimum atomic E-state index is 0.203. The standard InChI is InChI=1S/C22H25N5O2/c1-28-16-4-6-17(7-5-16)29-18-9-12-27(13-10-18)22-21(24-15-2-3-15)25-19-8-11-23-14-20(19)26-22/h4-8,11,14-15,18H,2-3,9-10,12-13H2,1H3,(H,24,25). The Balaban J connectivity index is 1.29. The summed E-state index contributed by atoms with van der Waals surface area (Å²) in [5.41, 5.74) is 1.71. The van der Waals surface area contributed by atoms with Crippen molar-refractivity contribution >= 4 is 22.7 Å². The molecule has 29 heavy (non-hydrogen) atoms. The molecule has 0 unspecified atom stereocenters. The van der Waals surface area contributed by atoms with Gasteiger partial charge >= 0.3 is 0 Å². The van der Waals surface area contributed by atoms with Crippen LogP contribution in [0.25, 0.3) is 11.0 Å². The summed E-state index contributed by atoms with van der Waals surface area (Å²) >= 11 is 0. The number of fused-ring (bicyclic) bond motifs is 1. The Hall–Kier alpha value is -3.09. The van der Waals surface area contributed by atoms with Gasteiger partial charge < -0.3 is 19.7 Å². The van der Waals surface area contributed by atoms with E-state index in [1.807, 2.05) is 30.3 Å². The van der Waals surface area contributed by atoms with Crippen LogP contribution in [-0.4, -0.2) is 47.3 Å². The van der Waals surface area contributed by atoms with Gasteiger partial charge in [0.05, 0.1) is 18.8 Å². The van der Waals surface area contributed by atoms with Crippen molar-refractivity contribution < 1.29 is 9.47 Å². The second-order valence-corrected chi connectivity index (χ2v) is 7.66. The van der Waals surface area contributed by atoms with E-state index in [4.69, 9.17) is 19.4 Å². The average molecular weight is 391 g/mol. The quantitative estimate of drug-likeness (QED) is 0.687. The van der Waals surface area contributed by atoms with E-state index in [-0.39, 0.29) is 6.10 Å². The predicted octanol–water partition coefficient (Wildman–Crippen LogP) is 3.66. The first-order valence-electron chi connectivity index (χ1n) is 10.2. The summed E-state index contributed by atoms with van der Waals surface area (Å²) in [5.74, 6) is 3.55. The second-order valence-electron chi connectivity index (χ2n) is 7.66. The zero-order valence-electron chi connectivity index (χ0n) is 16.5. The van der Waals surface area contributed by atoms with Gasteiger partial charge in [0, 0.05) is 38.2 Å². The lowest BCUT2D eigenvalue weighted by molar-refractivity contribution is 0.170. The van der Waals surface area contributed by atoms with E-state index in [1.165, 1.54) is 12.8 Å². The SMILES string of the molecule is COc1ccc(OC2CCN(c3nc4cnccc4nc3NC3CC3)CC2)cc1. The normalized spacial score (nSPS) is 17.3. The minimum Gasteiger partial charge on any atom is -0.497 e. The summed E-state index contributed by atoms with van der Waals surface area (Å²) in [6.45, 7) is 1.78. The summed E-state index contributed by atoms with van der Waals surface area (Å²) < 4.78 is 11.4. The average Bonchev–Trinajstić information content (AvgIpc) is 3.58. The highest BCUT2D eigenvalue weighted by Crippen LogP contribution is 2.32. The molecular formula is C22H25N5O2. The number of nitrogens with one attached hydrogen (secondary N) is 1. The lowest BCUT2D eigenvalue weighted by atomic mass is 10.1. The number of aromatic nitrogens is 3. The second kappa shape index (κ2) is 7.73. The molecule has 1 aliphatic carbocycles. The van der Waals surface area contributed by atoms with E-state index in [0.717, 1.165) is 60.1 Å². The fraction of sp³-hybridized carbons (Fsp3) is 0.409. The van der Waals surface area contributed by atoms with Crippen molar-refractivity contribution in [1.29, 1.82) is 0 Å². The molecule has 0 amide bonds. The molecule has 150 valence electrons. The Kier molecular flexibility index (Phi) is 4.79. The number of rotatable bonds is 6. The van der Waals surface area contributed by atoms with Gasteiger partial charge in [-0.2, -0.15) is 0 Å². The molecule has 2 fully saturated rings. The highest BCUT2D eigenvalue weighted by atomic mass is 16.5. The Labute approximate surface area is 170 Å². The molecule has 0 bridgehead atoms. The van der Waals surface area contributed by atoms with Crippen molar-refractivity contribution in [3.63, 3.8) is 0 Å². The molecule has 2 aliphatic rings. The Morgan fingerprint density at radius 2 is 1.69 bits per heavy atom. The number of nitrogens with zero attached hydrogens (tertiary/aromatic N) is 4. The van der Waals surface area contributed by atoms with Gasteiger partial charge in [0.25, 0.3) is 0 Å². The molecule has 1 aromatic carbocycles. The molecule has 1 N–H and O–H groups in total. The third-order valence-corrected chi connectivity index (χ3v) is 5.47. The molecule has 3 aromatic rings. The molecule has 5 rings (SSSR count). The van der Waals surface area contributed by atoms with E-state index in [1.54, 1.807) is 19.5 Å². The van der Waals surface area contributed by atoms with Crippen molar-refractivity contribution in [3.8, 4) is 11.5 Å². The summed E-state index contributed by atoms with van der Waals surface area (Å²) in [6.07, 6.45) is 8.05. The van der Waals surface area contributed by atoms with Crippen molar-refractivity contribution in [3.05, 3.63) is 42.7 Å². The highest BCUT2D eigenvalue weighted by molar-refractivity contribution is 5.80. The number of piperidine rings is 1. The highest BCUT2D eigenvalue weighted by Gasteiger charge is 2.28. The monoisotopic (exact) mass is 391 g/mol. The van der Waals surface area contributed by atoms with Crippen LogP contribution in [0.3, 0.4) is 0 Å². The van der Waals surface area contributed by atoms with Crippen molar-refractivity contribution in [2.24, 2.45) is 0 Å². The third kappa shape index (κ3) is 4.04. The molecule has 1 saturated carbocycles. The van der Waals surface area contributed by atoms with Gasteiger partial charge in [0.1, 0.15) is 23.1 Å². The van der Waals surface area contributed by atoms with Crippen molar-refractivity contribution in [2.45, 2.75) is 37.8 Å². The third-order valence-electron chi connectivity index (χ3n) is 5.47. The largest absolute Gasteiger partial charge is 0.497 e. The first kappa shape index (κ1) is 18.0. The van der Waals surface area contributed by atoms with E-state index >= 15 is 0 Å². The summed E-state index contributed by atoms with van der Waals surface area (Å²) in [7, 11) is 1.67. The molecule has 7 heteroatoms. The number of hydrogen-bond acceptors (Lipinski definition) is 7. The van der Waals surface area contributed by atoms with Crippen LogP contribution < -0.4 is 19.7 Å². The Morgan fingerprint density at radius 1 is 0.931 bits per heavy atom. The summed E-state index contributed by atoms with van der Waals surface area (Å²) in [4.78, 5) is 16.2. The molecule has 7 nitrogen and oxygen atoms in total. The van der Waals surface area contributed by atoms with E-state index in [9.17, 15) is 0 Å². The first-order valence-corrected chi connectivity index (χ1v) is 10.2. The minimum absolute atomic E-state index is 0.203. The number of ether oxygens (including phenoxy) is 2. The molecule has 3 heterocycles. The predicted molar refractivity (Wildman–Crippen MR) is 113 cm³/mol. The van der Waals surface area contributed by atoms with Crippen molar-refractivity contribution in [1.82, 2.24) is 15.0 Å². The van der Waals surface area contributed by atoms with Gasteiger partial charge in [-0.25, -0.2) is 9.97 Å². The number of methoxy groups -OCH3 is 1. The van der Waals surface area contributed by atoms with E-state index in [0.29, 0.717) is 6.04 Å². The zero-order valence-corrected chi connectivity index (χ0v) is 16.5. The number of hydrogen-bond donors (Lipinski definition) is 1. The van der Waals surface area contributed by atoms with Crippen LogP contribution in [0.15, 0.2) is 42.7 Å². The van der Waals surface area contributed by atoms with Gasteiger partial charge in [-0.1, -0.05) is 0 Å². The van der Waals surface area contributed by atoms with Gasteiger partial charge in [0.2, 0.25) is 0 Å². The zero-order chi connectivity index (χ0) is 19.6. The maximum absolute atomic E-state index is 6.17. The van der Waals surface area contributed by atoms with Crippen LogP contribution in [0.4, 0.5) is 11.6 Å². The first-order chi connectivity index (χ1) is 14.3.